The molecule has 1 saturated carbocycles. The van der Waals surface area contributed by atoms with E-state index in [0.717, 1.165) is 88.8 Å². The van der Waals surface area contributed by atoms with E-state index < -0.39 is 5.54 Å². The van der Waals surface area contributed by atoms with Crippen LogP contribution in [0.2, 0.25) is 0 Å². The van der Waals surface area contributed by atoms with E-state index in [2.05, 4.69) is 96.3 Å². The van der Waals surface area contributed by atoms with Crippen LogP contribution in [-0.2, 0) is 15.1 Å². The number of hydrogen-bond donors (Lipinski definition) is 1. The molecular weight excluding hydrogens is 633 g/mol. The summed E-state index contributed by atoms with van der Waals surface area (Å²) in [5.41, 5.74) is 6.88. The standard InChI is InChI=1S/C43H38N6O2/c50-42(30-22-23-30)45-36-20-12-13-31(27-36)40-37-28-32(24-25-38(37)49(46-40)39-21-10-11-26-51-39)41-44-29-48(47-41)43(33-14-4-1-5-15-33,34-16-6-2-7-17-34)35-18-8-3-9-19-35/h1-9,12-20,24-25,27-30,39H,10-11,21-23,26H2,(H,45,50). The van der Waals surface area contributed by atoms with E-state index in [1.165, 1.54) is 0 Å². The summed E-state index contributed by atoms with van der Waals surface area (Å²) in [5.74, 6) is 0.818. The summed E-state index contributed by atoms with van der Waals surface area (Å²) in [7, 11) is 0. The molecule has 0 bridgehead atoms. The lowest BCUT2D eigenvalue weighted by molar-refractivity contribution is -0.117. The lowest BCUT2D eigenvalue weighted by Gasteiger charge is -2.35. The molecule has 1 unspecified atom stereocenters. The number of anilines is 1. The molecule has 2 aromatic heterocycles. The van der Waals surface area contributed by atoms with Crippen molar-refractivity contribution in [2.75, 3.05) is 11.9 Å². The van der Waals surface area contributed by atoms with Crippen LogP contribution >= 0.6 is 0 Å². The zero-order chi connectivity index (χ0) is 34.2. The van der Waals surface area contributed by atoms with Crippen LogP contribution in [0.3, 0.4) is 0 Å². The Labute approximate surface area is 296 Å². The van der Waals surface area contributed by atoms with Gasteiger partial charge in [-0.3, -0.25) is 4.79 Å². The normalized spacial score (nSPS) is 16.3. The van der Waals surface area contributed by atoms with Crippen LogP contribution in [0.25, 0.3) is 33.5 Å². The first-order valence-corrected chi connectivity index (χ1v) is 17.8. The zero-order valence-corrected chi connectivity index (χ0v) is 28.2. The topological polar surface area (TPSA) is 86.9 Å². The number of hydrogen-bond acceptors (Lipinski definition) is 5. The number of rotatable bonds is 9. The molecule has 1 N–H and O–H groups in total. The largest absolute Gasteiger partial charge is 0.356 e. The predicted molar refractivity (Wildman–Crippen MR) is 199 cm³/mol. The molecule has 1 aliphatic carbocycles. The number of nitrogens with zero attached hydrogens (tertiary/aromatic N) is 5. The third-order valence-corrected chi connectivity index (χ3v) is 10.2. The minimum atomic E-state index is -0.765. The minimum Gasteiger partial charge on any atom is -0.356 e. The van der Waals surface area contributed by atoms with Crippen molar-refractivity contribution in [3.8, 4) is 22.6 Å². The third kappa shape index (κ3) is 5.71. The lowest BCUT2D eigenvalue weighted by atomic mass is 9.77. The number of benzene rings is 5. The number of amides is 1. The Kier molecular flexibility index (Phi) is 8.01. The highest BCUT2D eigenvalue weighted by Crippen LogP contribution is 2.41. The van der Waals surface area contributed by atoms with Gasteiger partial charge in [0.2, 0.25) is 5.91 Å². The summed E-state index contributed by atoms with van der Waals surface area (Å²) < 4.78 is 10.3. The maximum absolute atomic E-state index is 12.6. The van der Waals surface area contributed by atoms with Crippen molar-refractivity contribution in [2.45, 2.75) is 43.9 Å². The number of aromatic nitrogens is 5. The van der Waals surface area contributed by atoms with Gasteiger partial charge < -0.3 is 10.1 Å². The summed E-state index contributed by atoms with van der Waals surface area (Å²) in [4.78, 5) is 17.6. The molecule has 1 aliphatic heterocycles. The summed E-state index contributed by atoms with van der Waals surface area (Å²) in [6.07, 6.45) is 6.67. The van der Waals surface area contributed by atoms with Crippen molar-refractivity contribution in [1.82, 2.24) is 24.5 Å². The number of nitrogens with one attached hydrogen (secondary N) is 1. The van der Waals surface area contributed by atoms with Gasteiger partial charge >= 0.3 is 0 Å². The second-order valence-electron chi connectivity index (χ2n) is 13.5. The van der Waals surface area contributed by atoms with Gasteiger partial charge in [0.05, 0.1) is 5.52 Å². The summed E-state index contributed by atoms with van der Waals surface area (Å²) in [5, 5.41) is 14.5. The summed E-state index contributed by atoms with van der Waals surface area (Å²) >= 11 is 0. The monoisotopic (exact) mass is 670 g/mol. The summed E-state index contributed by atoms with van der Waals surface area (Å²) in [6.45, 7) is 0.718. The van der Waals surface area contributed by atoms with Gasteiger partial charge in [-0.15, -0.1) is 5.10 Å². The highest BCUT2D eigenvalue weighted by atomic mass is 16.5. The van der Waals surface area contributed by atoms with E-state index in [-0.39, 0.29) is 18.1 Å². The van der Waals surface area contributed by atoms with Crippen LogP contribution in [0.5, 0.6) is 0 Å². The van der Waals surface area contributed by atoms with Gasteiger partial charge in [0.15, 0.2) is 12.1 Å². The highest BCUT2D eigenvalue weighted by molar-refractivity contribution is 5.98. The van der Waals surface area contributed by atoms with Crippen molar-refractivity contribution in [1.29, 1.82) is 0 Å². The highest BCUT2D eigenvalue weighted by Gasteiger charge is 2.40. The van der Waals surface area contributed by atoms with Crippen molar-refractivity contribution in [3.63, 3.8) is 0 Å². The van der Waals surface area contributed by atoms with Gasteiger partial charge in [-0.25, -0.2) is 14.3 Å². The van der Waals surface area contributed by atoms with Gasteiger partial charge in [-0.05, 0) is 79.1 Å². The smallest absolute Gasteiger partial charge is 0.227 e. The van der Waals surface area contributed by atoms with Crippen molar-refractivity contribution in [3.05, 3.63) is 156 Å². The molecule has 3 heterocycles. The van der Waals surface area contributed by atoms with Crippen LogP contribution in [0.4, 0.5) is 5.69 Å². The minimum absolute atomic E-state index is 0.0830. The Morgan fingerprint density at radius 3 is 2.02 bits per heavy atom. The van der Waals surface area contributed by atoms with Gasteiger partial charge in [0, 0.05) is 34.7 Å². The van der Waals surface area contributed by atoms with Gasteiger partial charge in [0.25, 0.3) is 0 Å². The molecule has 7 aromatic rings. The molecule has 9 rings (SSSR count). The van der Waals surface area contributed by atoms with Gasteiger partial charge in [-0.2, -0.15) is 5.10 Å². The van der Waals surface area contributed by atoms with E-state index >= 15 is 0 Å². The Bertz CT molecular complexity index is 2210. The zero-order valence-electron chi connectivity index (χ0n) is 28.2. The average Bonchev–Trinajstić information content (AvgIpc) is 3.82. The van der Waals surface area contributed by atoms with E-state index in [1.807, 2.05) is 58.2 Å². The quantitative estimate of drug-likeness (QED) is 0.155. The molecule has 1 amide bonds. The van der Waals surface area contributed by atoms with Crippen molar-refractivity contribution in [2.24, 2.45) is 5.92 Å². The first-order valence-electron chi connectivity index (χ1n) is 17.8. The lowest BCUT2D eigenvalue weighted by Crippen LogP contribution is -2.38. The van der Waals surface area contributed by atoms with Crippen LogP contribution in [-0.4, -0.2) is 37.1 Å². The van der Waals surface area contributed by atoms with Gasteiger partial charge in [-0.1, -0.05) is 103 Å². The molecule has 1 atom stereocenters. The Hall–Kier alpha value is -5.86. The molecule has 2 fully saturated rings. The van der Waals surface area contributed by atoms with Crippen molar-refractivity contribution < 1.29 is 9.53 Å². The molecule has 51 heavy (non-hydrogen) atoms. The third-order valence-electron chi connectivity index (χ3n) is 10.2. The first-order chi connectivity index (χ1) is 25.2. The Balaban J connectivity index is 1.18. The molecule has 8 heteroatoms. The Morgan fingerprint density at radius 2 is 1.39 bits per heavy atom. The number of carbonyl (C=O) groups excluding carboxylic acids is 1. The molecule has 252 valence electrons. The molecule has 5 aromatic carbocycles. The summed E-state index contributed by atoms with van der Waals surface area (Å²) in [6, 6.07) is 45.8. The average molecular weight is 671 g/mol. The molecule has 2 aliphatic rings. The molecule has 0 radical (unpaired) electrons. The molecule has 1 saturated heterocycles. The van der Waals surface area contributed by atoms with Crippen LogP contribution in [0, 0.1) is 5.92 Å². The van der Waals surface area contributed by atoms with E-state index in [0.29, 0.717) is 5.82 Å². The predicted octanol–water partition coefficient (Wildman–Crippen LogP) is 8.85. The van der Waals surface area contributed by atoms with Crippen LogP contribution < -0.4 is 5.32 Å². The maximum Gasteiger partial charge on any atom is 0.227 e. The fraction of sp³-hybridized carbons (Fsp3) is 0.209. The molecule has 0 spiro atoms. The fourth-order valence-corrected chi connectivity index (χ4v) is 7.46. The Morgan fingerprint density at radius 1 is 0.706 bits per heavy atom. The molecule has 8 nitrogen and oxygen atoms in total. The number of carbonyl (C=O) groups is 1. The van der Waals surface area contributed by atoms with E-state index in [9.17, 15) is 4.79 Å². The SMILES string of the molecule is O=C(Nc1cccc(-c2nn(C3CCCCO3)c3ccc(-c4ncn(C(c5ccccc5)(c5ccccc5)c5ccccc5)n4)cc23)c1)C1CC1. The molecular formula is C43H38N6O2. The first kappa shape index (κ1) is 31.1. The second kappa shape index (κ2) is 13.1. The fourth-order valence-electron chi connectivity index (χ4n) is 7.46. The van der Waals surface area contributed by atoms with Crippen LogP contribution in [0.15, 0.2) is 140 Å². The maximum atomic E-state index is 12.6. The number of ether oxygens (including phenoxy) is 1. The van der Waals surface area contributed by atoms with Gasteiger partial charge in [0.1, 0.15) is 17.6 Å². The number of fused-ring (bicyclic) bond motifs is 1. The van der Waals surface area contributed by atoms with E-state index in [4.69, 9.17) is 19.9 Å². The van der Waals surface area contributed by atoms with E-state index in [1.54, 1.807) is 0 Å². The van der Waals surface area contributed by atoms with Crippen molar-refractivity contribution >= 4 is 22.5 Å². The second-order valence-corrected chi connectivity index (χ2v) is 13.5. The van der Waals surface area contributed by atoms with Crippen LogP contribution in [0.1, 0.15) is 55.0 Å².